The minimum absolute atomic E-state index is 0.126. The van der Waals surface area contributed by atoms with Crippen LogP contribution in [0.25, 0.3) is 11.3 Å². The zero-order valence-corrected chi connectivity index (χ0v) is 16.9. The second-order valence-electron chi connectivity index (χ2n) is 7.41. The number of amides is 1. The number of aryl methyl sites for hydroxylation is 1. The molecule has 1 atom stereocenters. The zero-order valence-electron chi connectivity index (χ0n) is 16.1. The normalized spacial score (nSPS) is 16.9. The molecule has 0 N–H and O–H groups in total. The maximum Gasteiger partial charge on any atom is 0.260 e. The molecule has 3 aromatic rings. The molecule has 0 spiro atoms. The summed E-state index contributed by atoms with van der Waals surface area (Å²) in [5, 5.41) is 8.80. The van der Waals surface area contributed by atoms with E-state index in [0.29, 0.717) is 34.1 Å². The van der Waals surface area contributed by atoms with E-state index in [4.69, 9.17) is 20.6 Å². The lowest BCUT2D eigenvalue weighted by atomic mass is 10.0. The summed E-state index contributed by atoms with van der Waals surface area (Å²) in [7, 11) is 0. The van der Waals surface area contributed by atoms with Gasteiger partial charge in [-0.25, -0.2) is 0 Å². The first kappa shape index (κ1) is 18.7. The smallest absolute Gasteiger partial charge is 0.260 e. The van der Waals surface area contributed by atoms with Crippen LogP contribution in [0.5, 0.6) is 0 Å². The van der Waals surface area contributed by atoms with Crippen LogP contribution in [0.4, 0.5) is 0 Å². The lowest BCUT2D eigenvalue weighted by Gasteiger charge is -2.22. The summed E-state index contributed by atoms with van der Waals surface area (Å²) in [5.41, 5.74) is 2.50. The Kier molecular flexibility index (Phi) is 4.98. The summed E-state index contributed by atoms with van der Waals surface area (Å²) in [6.45, 7) is 6.52. The van der Waals surface area contributed by atoms with Gasteiger partial charge in [-0.1, -0.05) is 54.0 Å². The fourth-order valence-electron chi connectivity index (χ4n) is 3.64. The second kappa shape index (κ2) is 7.43. The van der Waals surface area contributed by atoms with Gasteiger partial charge >= 0.3 is 0 Å². The number of aromatic nitrogens is 2. The fraction of sp³-hybridized carbons (Fsp3) is 0.381. The van der Waals surface area contributed by atoms with Crippen LogP contribution in [-0.4, -0.2) is 27.7 Å². The summed E-state index contributed by atoms with van der Waals surface area (Å²) >= 11 is 6.33. The van der Waals surface area contributed by atoms with Gasteiger partial charge in [0, 0.05) is 18.2 Å². The van der Waals surface area contributed by atoms with Crippen molar-refractivity contribution in [3.63, 3.8) is 0 Å². The lowest BCUT2D eigenvalue weighted by molar-refractivity contribution is 0.0713. The van der Waals surface area contributed by atoms with Crippen molar-refractivity contribution in [2.75, 3.05) is 6.54 Å². The molecule has 146 valence electrons. The van der Waals surface area contributed by atoms with Crippen LogP contribution in [0.3, 0.4) is 0 Å². The molecule has 0 radical (unpaired) electrons. The molecule has 28 heavy (non-hydrogen) atoms. The molecule has 7 heteroatoms. The molecule has 1 aromatic carbocycles. The maximum atomic E-state index is 13.5. The Morgan fingerprint density at radius 2 is 2.04 bits per heavy atom. The largest absolute Gasteiger partial charge is 0.360 e. The minimum atomic E-state index is -0.138. The van der Waals surface area contributed by atoms with Crippen LogP contribution in [-0.2, 0) is 0 Å². The van der Waals surface area contributed by atoms with Crippen molar-refractivity contribution in [1.82, 2.24) is 15.2 Å². The van der Waals surface area contributed by atoms with Crippen molar-refractivity contribution in [2.45, 2.75) is 45.6 Å². The van der Waals surface area contributed by atoms with Gasteiger partial charge in [0.05, 0.1) is 16.8 Å². The third-order valence-corrected chi connectivity index (χ3v) is 5.52. The topological polar surface area (TPSA) is 72.4 Å². The van der Waals surface area contributed by atoms with Gasteiger partial charge in [0.15, 0.2) is 5.76 Å². The Hall–Kier alpha value is -2.60. The number of likely N-dealkylation sites (tertiary alicyclic amines) is 1. The summed E-state index contributed by atoms with van der Waals surface area (Å²) in [4.78, 5) is 15.3. The number of benzene rings is 1. The minimum Gasteiger partial charge on any atom is -0.360 e. The monoisotopic (exact) mass is 399 g/mol. The molecular formula is C21H22ClN3O3. The van der Waals surface area contributed by atoms with Crippen molar-refractivity contribution < 1.29 is 13.8 Å². The highest BCUT2D eigenvalue weighted by molar-refractivity contribution is 6.33. The molecule has 0 bridgehead atoms. The van der Waals surface area contributed by atoms with Crippen molar-refractivity contribution in [2.24, 2.45) is 0 Å². The van der Waals surface area contributed by atoms with Crippen molar-refractivity contribution >= 4 is 17.5 Å². The predicted molar refractivity (Wildman–Crippen MR) is 105 cm³/mol. The maximum absolute atomic E-state index is 13.5. The van der Waals surface area contributed by atoms with Crippen LogP contribution in [0.2, 0.25) is 5.02 Å². The van der Waals surface area contributed by atoms with E-state index in [1.54, 1.807) is 13.0 Å². The van der Waals surface area contributed by atoms with Crippen molar-refractivity contribution in [3.05, 3.63) is 58.1 Å². The van der Waals surface area contributed by atoms with Crippen molar-refractivity contribution in [1.29, 1.82) is 0 Å². The molecule has 1 aliphatic rings. The average Bonchev–Trinajstić information content (AvgIpc) is 3.40. The van der Waals surface area contributed by atoms with Gasteiger partial charge in [0.25, 0.3) is 5.91 Å². The van der Waals surface area contributed by atoms with Crippen molar-refractivity contribution in [3.8, 4) is 11.3 Å². The highest BCUT2D eigenvalue weighted by atomic mass is 35.5. The quantitative estimate of drug-likeness (QED) is 0.587. The number of rotatable bonds is 4. The molecule has 0 aliphatic carbocycles. The molecule has 3 heterocycles. The van der Waals surface area contributed by atoms with Gasteiger partial charge in [-0.2, -0.15) is 0 Å². The number of carbonyl (C=O) groups is 1. The second-order valence-corrected chi connectivity index (χ2v) is 7.81. The average molecular weight is 400 g/mol. The molecule has 1 saturated heterocycles. The summed E-state index contributed by atoms with van der Waals surface area (Å²) < 4.78 is 10.9. The van der Waals surface area contributed by atoms with Crippen LogP contribution in [0.1, 0.15) is 66.2 Å². The number of hydrogen-bond donors (Lipinski definition) is 0. The molecule has 6 nitrogen and oxygen atoms in total. The van der Waals surface area contributed by atoms with Gasteiger partial charge in [0.1, 0.15) is 17.0 Å². The SMILES string of the molecule is Cc1onc(-c2ccccc2Cl)c1C(=O)N1CCC[C@H]1c1cc(C(C)C)no1. The number of hydrogen-bond acceptors (Lipinski definition) is 5. The first-order valence-electron chi connectivity index (χ1n) is 9.46. The van der Waals surface area contributed by atoms with E-state index >= 15 is 0 Å². The van der Waals surface area contributed by atoms with Gasteiger partial charge < -0.3 is 13.9 Å². The Morgan fingerprint density at radius 3 is 2.75 bits per heavy atom. The molecular weight excluding hydrogens is 378 g/mol. The van der Waals surface area contributed by atoms with Crippen LogP contribution >= 0.6 is 11.6 Å². The van der Waals surface area contributed by atoms with Gasteiger partial charge in [0.2, 0.25) is 0 Å². The fourth-order valence-corrected chi connectivity index (χ4v) is 3.87. The zero-order chi connectivity index (χ0) is 19.8. The number of nitrogens with zero attached hydrogens (tertiary/aromatic N) is 3. The number of carbonyl (C=O) groups excluding carboxylic acids is 1. The molecule has 1 amide bonds. The molecule has 0 unspecified atom stereocenters. The van der Waals surface area contributed by atoms with Gasteiger partial charge in [-0.3, -0.25) is 4.79 Å². The summed E-state index contributed by atoms with van der Waals surface area (Å²) in [6.07, 6.45) is 1.74. The van der Waals surface area contributed by atoms with E-state index in [-0.39, 0.29) is 17.9 Å². The Balaban J connectivity index is 1.69. The Bertz CT molecular complexity index is 1010. The number of halogens is 1. The van der Waals surface area contributed by atoms with Crippen LogP contribution in [0.15, 0.2) is 39.4 Å². The van der Waals surface area contributed by atoms with Crippen LogP contribution < -0.4 is 0 Å². The highest BCUT2D eigenvalue weighted by Crippen LogP contribution is 2.37. The summed E-state index contributed by atoms with van der Waals surface area (Å²) in [6, 6.07) is 9.13. The van der Waals surface area contributed by atoms with E-state index in [2.05, 4.69) is 24.2 Å². The standard InChI is InChI=1S/C21H22ClN3O3/c1-12(2)16-11-18(28-23-16)17-9-6-10-25(17)21(26)19-13(3)27-24-20(19)14-7-4-5-8-15(14)22/h4-5,7-8,11-12,17H,6,9-10H2,1-3H3/t17-/m0/s1. The Labute approximate surface area is 168 Å². The first-order valence-corrected chi connectivity index (χ1v) is 9.83. The third-order valence-electron chi connectivity index (χ3n) is 5.19. The molecule has 0 saturated carbocycles. The molecule has 2 aromatic heterocycles. The molecule has 1 aliphatic heterocycles. The van der Waals surface area contributed by atoms with Crippen LogP contribution in [0, 0.1) is 6.92 Å². The van der Waals surface area contributed by atoms with Gasteiger partial charge in [-0.15, -0.1) is 0 Å². The molecule has 1 fully saturated rings. The van der Waals surface area contributed by atoms with E-state index in [1.165, 1.54) is 0 Å². The highest BCUT2D eigenvalue weighted by Gasteiger charge is 2.36. The summed E-state index contributed by atoms with van der Waals surface area (Å²) in [5.74, 6) is 1.35. The molecule has 4 rings (SSSR count). The van der Waals surface area contributed by atoms with Gasteiger partial charge in [-0.05, 0) is 31.7 Å². The van der Waals surface area contributed by atoms with E-state index in [0.717, 1.165) is 24.3 Å². The Morgan fingerprint density at radius 1 is 1.25 bits per heavy atom. The predicted octanol–water partition coefficient (Wildman–Crippen LogP) is 5.39. The first-order chi connectivity index (χ1) is 13.5. The van der Waals surface area contributed by atoms with E-state index < -0.39 is 0 Å². The van der Waals surface area contributed by atoms with E-state index in [9.17, 15) is 4.79 Å². The lowest BCUT2D eigenvalue weighted by Crippen LogP contribution is -2.31. The third kappa shape index (κ3) is 3.22. The van der Waals surface area contributed by atoms with E-state index in [1.807, 2.05) is 29.2 Å².